The number of ether oxygens (including phenoxy) is 1. The van der Waals surface area contributed by atoms with E-state index in [0.717, 1.165) is 5.75 Å². The molecule has 0 unspecified atom stereocenters. The molecule has 20 heavy (non-hydrogen) atoms. The Labute approximate surface area is 124 Å². The molecule has 0 fully saturated rings. The van der Waals surface area contributed by atoms with Gasteiger partial charge in [-0.3, -0.25) is 0 Å². The maximum absolute atomic E-state index is 5.19. The van der Waals surface area contributed by atoms with Crippen LogP contribution in [-0.4, -0.2) is 7.11 Å². The lowest BCUT2D eigenvalue weighted by Gasteiger charge is -2.27. The minimum Gasteiger partial charge on any atom is -0.497 e. The summed E-state index contributed by atoms with van der Waals surface area (Å²) in [7, 11) is 1.68. The van der Waals surface area contributed by atoms with Gasteiger partial charge in [0.1, 0.15) is 5.75 Å². The average Bonchev–Trinajstić information content (AvgIpc) is 2.49. The molecule has 0 aromatic heterocycles. The van der Waals surface area contributed by atoms with Gasteiger partial charge in [0.05, 0.1) is 7.11 Å². The fourth-order valence-electron chi connectivity index (χ4n) is 1.95. The molecule has 0 bridgehead atoms. The molecule has 0 aliphatic rings. The molecule has 110 valence electrons. The van der Waals surface area contributed by atoms with Gasteiger partial charge in [-0.25, -0.2) is 0 Å². The first-order chi connectivity index (χ1) is 9.56. The van der Waals surface area contributed by atoms with Crippen molar-refractivity contribution in [3.05, 3.63) is 66.3 Å². The van der Waals surface area contributed by atoms with Crippen LogP contribution in [0.15, 0.2) is 60.7 Å². The molecule has 1 heteroatoms. The largest absolute Gasteiger partial charge is 0.497 e. The van der Waals surface area contributed by atoms with Crippen molar-refractivity contribution >= 4 is 0 Å². The van der Waals surface area contributed by atoms with Crippen LogP contribution in [0.25, 0.3) is 0 Å². The second-order valence-electron chi connectivity index (χ2n) is 4.71. The number of allylic oxidation sites excluding steroid dienone is 5. The number of hydrogen-bond donors (Lipinski definition) is 0. The highest BCUT2D eigenvalue weighted by Crippen LogP contribution is 2.33. The molecule has 0 aliphatic carbocycles. The van der Waals surface area contributed by atoms with Crippen molar-refractivity contribution in [1.29, 1.82) is 0 Å². The van der Waals surface area contributed by atoms with E-state index in [1.807, 2.05) is 39.0 Å². The van der Waals surface area contributed by atoms with Crippen LogP contribution in [-0.2, 0) is 5.41 Å². The molecule has 0 radical (unpaired) electrons. The summed E-state index contributed by atoms with van der Waals surface area (Å²) in [6, 6.07) is 8.22. The first-order valence-electron chi connectivity index (χ1n) is 7.16. The van der Waals surface area contributed by atoms with E-state index in [0.29, 0.717) is 0 Å². The number of methoxy groups -OCH3 is 1. The summed E-state index contributed by atoms with van der Waals surface area (Å²) in [5.41, 5.74) is 2.45. The van der Waals surface area contributed by atoms with Crippen molar-refractivity contribution < 1.29 is 4.74 Å². The summed E-state index contributed by atoms with van der Waals surface area (Å²) in [6.45, 7) is 14.2. The molecular formula is C19H28O. The predicted octanol–water partition coefficient (Wildman–Crippen LogP) is 5.69. The van der Waals surface area contributed by atoms with Gasteiger partial charge in [0.15, 0.2) is 0 Å². The molecule has 0 N–H and O–H groups in total. The SMILES string of the molecule is C=C/C=C(\C=C/C)C(C)(C)c1ccc(OC)cc1.CC. The quantitative estimate of drug-likeness (QED) is 0.626. The number of benzene rings is 1. The lowest BCUT2D eigenvalue weighted by Crippen LogP contribution is -2.19. The molecule has 1 aromatic rings. The third kappa shape index (κ3) is 4.73. The van der Waals surface area contributed by atoms with Gasteiger partial charge in [0.25, 0.3) is 0 Å². The van der Waals surface area contributed by atoms with E-state index in [1.54, 1.807) is 7.11 Å². The third-order valence-corrected chi connectivity index (χ3v) is 3.18. The van der Waals surface area contributed by atoms with Crippen LogP contribution in [0, 0.1) is 0 Å². The fraction of sp³-hybridized carbons (Fsp3) is 0.368. The van der Waals surface area contributed by atoms with Gasteiger partial charge < -0.3 is 4.74 Å². The lowest BCUT2D eigenvalue weighted by molar-refractivity contribution is 0.414. The zero-order valence-corrected chi connectivity index (χ0v) is 13.7. The van der Waals surface area contributed by atoms with Crippen LogP contribution >= 0.6 is 0 Å². The molecule has 0 spiro atoms. The Bertz CT molecular complexity index is 447. The van der Waals surface area contributed by atoms with E-state index >= 15 is 0 Å². The summed E-state index contributed by atoms with van der Waals surface area (Å²) in [4.78, 5) is 0. The van der Waals surface area contributed by atoms with Crippen molar-refractivity contribution in [2.45, 2.75) is 40.0 Å². The topological polar surface area (TPSA) is 9.23 Å². The van der Waals surface area contributed by atoms with Gasteiger partial charge >= 0.3 is 0 Å². The highest BCUT2D eigenvalue weighted by molar-refractivity contribution is 5.43. The number of hydrogen-bond acceptors (Lipinski definition) is 1. The van der Waals surface area contributed by atoms with Crippen LogP contribution in [0.2, 0.25) is 0 Å². The van der Waals surface area contributed by atoms with Crippen LogP contribution < -0.4 is 4.74 Å². The maximum atomic E-state index is 5.19. The van der Waals surface area contributed by atoms with Gasteiger partial charge in [-0.05, 0) is 30.2 Å². The maximum Gasteiger partial charge on any atom is 0.118 e. The van der Waals surface area contributed by atoms with Gasteiger partial charge in [-0.1, -0.05) is 70.7 Å². The molecule has 0 amide bonds. The minimum absolute atomic E-state index is 0.0486. The molecule has 1 nitrogen and oxygen atoms in total. The monoisotopic (exact) mass is 272 g/mol. The summed E-state index contributed by atoms with van der Waals surface area (Å²) in [5, 5.41) is 0. The Morgan fingerprint density at radius 3 is 2.10 bits per heavy atom. The smallest absolute Gasteiger partial charge is 0.118 e. The number of rotatable bonds is 5. The Hall–Kier alpha value is -1.76. The first-order valence-corrected chi connectivity index (χ1v) is 7.16. The predicted molar refractivity (Wildman–Crippen MR) is 90.5 cm³/mol. The van der Waals surface area contributed by atoms with Gasteiger partial charge in [-0.2, -0.15) is 0 Å². The van der Waals surface area contributed by atoms with Crippen LogP contribution in [0.4, 0.5) is 0 Å². The van der Waals surface area contributed by atoms with Gasteiger partial charge in [0.2, 0.25) is 0 Å². The van der Waals surface area contributed by atoms with Gasteiger partial charge in [0, 0.05) is 5.41 Å². The Morgan fingerprint density at radius 2 is 1.70 bits per heavy atom. The summed E-state index contributed by atoms with van der Waals surface area (Å²) in [6.07, 6.45) is 8.08. The normalized spacial score (nSPS) is 11.8. The molecule has 1 rings (SSSR count). The Morgan fingerprint density at radius 1 is 1.15 bits per heavy atom. The van der Waals surface area contributed by atoms with Gasteiger partial charge in [-0.15, -0.1) is 0 Å². The first kappa shape index (κ1) is 18.2. The zero-order chi connectivity index (χ0) is 15.6. The van der Waals surface area contributed by atoms with Crippen molar-refractivity contribution in [3.63, 3.8) is 0 Å². The zero-order valence-electron chi connectivity index (χ0n) is 13.7. The van der Waals surface area contributed by atoms with E-state index in [9.17, 15) is 0 Å². The molecule has 0 atom stereocenters. The molecule has 0 saturated carbocycles. The highest BCUT2D eigenvalue weighted by Gasteiger charge is 2.23. The van der Waals surface area contributed by atoms with Crippen LogP contribution in [0.3, 0.4) is 0 Å². The van der Waals surface area contributed by atoms with E-state index < -0.39 is 0 Å². The van der Waals surface area contributed by atoms with Crippen molar-refractivity contribution in [1.82, 2.24) is 0 Å². The Balaban J connectivity index is 0.00000172. The van der Waals surface area contributed by atoms with Crippen LogP contribution in [0.1, 0.15) is 40.2 Å². The third-order valence-electron chi connectivity index (χ3n) is 3.18. The van der Waals surface area contributed by atoms with Crippen molar-refractivity contribution in [3.8, 4) is 5.75 Å². The highest BCUT2D eigenvalue weighted by atomic mass is 16.5. The summed E-state index contributed by atoms with van der Waals surface area (Å²) < 4.78 is 5.19. The second-order valence-corrected chi connectivity index (χ2v) is 4.71. The molecule has 0 aliphatic heterocycles. The molecular weight excluding hydrogens is 244 g/mol. The second kappa shape index (κ2) is 9.19. The van der Waals surface area contributed by atoms with E-state index in [4.69, 9.17) is 4.74 Å². The molecule has 1 aromatic carbocycles. The van der Waals surface area contributed by atoms with E-state index in [-0.39, 0.29) is 5.41 Å². The summed E-state index contributed by atoms with van der Waals surface area (Å²) in [5.74, 6) is 0.884. The van der Waals surface area contributed by atoms with E-state index in [1.165, 1.54) is 11.1 Å². The van der Waals surface area contributed by atoms with Crippen LogP contribution in [0.5, 0.6) is 5.75 Å². The molecule has 0 saturated heterocycles. The van der Waals surface area contributed by atoms with Crippen molar-refractivity contribution in [2.24, 2.45) is 0 Å². The minimum atomic E-state index is -0.0486. The standard InChI is InChI=1S/C17H22O.C2H6/c1-6-8-14(9-7-2)17(3,4)15-10-12-16(18-5)13-11-15;1-2/h6-13H,1H2,2-5H3;1-2H3/b9-7-,14-8+;. The Kier molecular flexibility index (Phi) is 8.38. The fourth-order valence-corrected chi connectivity index (χ4v) is 1.95. The van der Waals surface area contributed by atoms with Crippen molar-refractivity contribution in [2.75, 3.05) is 7.11 Å². The van der Waals surface area contributed by atoms with E-state index in [2.05, 4.69) is 50.8 Å². The average molecular weight is 272 g/mol. The lowest BCUT2D eigenvalue weighted by atomic mass is 9.77. The molecule has 0 heterocycles. The summed E-state index contributed by atoms with van der Waals surface area (Å²) >= 11 is 0.